The van der Waals surface area contributed by atoms with E-state index in [2.05, 4.69) is 13.2 Å². The summed E-state index contributed by atoms with van der Waals surface area (Å²) in [4.78, 5) is 0. The summed E-state index contributed by atoms with van der Waals surface area (Å²) in [5.74, 6) is -1.02. The minimum atomic E-state index is -0.620. The average molecular weight is 493 g/mol. The summed E-state index contributed by atoms with van der Waals surface area (Å²) in [7, 11) is 0. The van der Waals surface area contributed by atoms with Gasteiger partial charge in [0.1, 0.15) is 24.4 Å². The molecule has 3 saturated heterocycles. The molecule has 10 nitrogen and oxygen atoms in total. The van der Waals surface area contributed by atoms with Crippen molar-refractivity contribution in [2.45, 2.75) is 63.7 Å². The highest BCUT2D eigenvalue weighted by Crippen LogP contribution is 2.22. The molecule has 0 aliphatic carbocycles. The molecule has 0 aromatic heterocycles. The fourth-order valence-electron chi connectivity index (χ4n) is 2.82. The lowest BCUT2D eigenvalue weighted by molar-refractivity contribution is -0.146. The smallest absolute Gasteiger partial charge is 0.163 e. The Kier molecular flexibility index (Phi) is 15.3. The summed E-state index contributed by atoms with van der Waals surface area (Å²) in [6.07, 6.45) is 2.95. The summed E-state index contributed by atoms with van der Waals surface area (Å²) in [6, 6.07) is 0. The van der Waals surface area contributed by atoms with Crippen LogP contribution in [0.4, 0.5) is 0 Å². The van der Waals surface area contributed by atoms with Gasteiger partial charge >= 0.3 is 0 Å². The van der Waals surface area contributed by atoms with Crippen molar-refractivity contribution in [2.75, 3.05) is 66.1 Å². The van der Waals surface area contributed by atoms with Crippen LogP contribution in [0.2, 0.25) is 0 Å². The maximum Gasteiger partial charge on any atom is 0.163 e. The van der Waals surface area contributed by atoms with Gasteiger partial charge in [0.15, 0.2) is 11.6 Å². The van der Waals surface area contributed by atoms with Gasteiger partial charge in [-0.3, -0.25) is 0 Å². The quantitative estimate of drug-likeness (QED) is 0.222. The molecule has 3 aliphatic heterocycles. The molecule has 3 aliphatic rings. The number of epoxide rings is 1. The largest absolute Gasteiger partial charge is 0.394 e. The average Bonchev–Trinajstić information content (AvgIpc) is 3.44. The van der Waals surface area contributed by atoms with Gasteiger partial charge < -0.3 is 48.1 Å². The van der Waals surface area contributed by atoms with Crippen LogP contribution >= 0.6 is 0 Å². The van der Waals surface area contributed by atoms with Gasteiger partial charge in [0.25, 0.3) is 0 Å². The highest BCUT2D eigenvalue weighted by molar-refractivity contribution is 4.71. The zero-order valence-electron chi connectivity index (χ0n) is 21.1. The van der Waals surface area contributed by atoms with Gasteiger partial charge in [-0.25, -0.2) is 0 Å². The molecular weight excluding hydrogens is 448 g/mol. The summed E-state index contributed by atoms with van der Waals surface area (Å²) in [5, 5.41) is 18.1. The third-order valence-electron chi connectivity index (χ3n) is 4.44. The van der Waals surface area contributed by atoms with Gasteiger partial charge in [-0.05, 0) is 27.7 Å². The highest BCUT2D eigenvalue weighted by Gasteiger charge is 2.33. The zero-order valence-corrected chi connectivity index (χ0v) is 21.1. The predicted octanol–water partition coefficient (Wildman–Crippen LogP) is 1.44. The number of aliphatic hydroxyl groups excluding tert-OH is 2. The first kappa shape index (κ1) is 31.1. The molecule has 0 amide bonds. The Morgan fingerprint density at radius 3 is 1.76 bits per heavy atom. The van der Waals surface area contributed by atoms with Crippen LogP contribution in [-0.4, -0.2) is 112 Å². The van der Waals surface area contributed by atoms with Crippen LogP contribution in [0.25, 0.3) is 0 Å². The lowest BCUT2D eigenvalue weighted by Gasteiger charge is -2.17. The molecule has 4 atom stereocenters. The van der Waals surface area contributed by atoms with Crippen molar-refractivity contribution < 1.29 is 48.1 Å². The Labute approximate surface area is 203 Å². The van der Waals surface area contributed by atoms with Gasteiger partial charge in [-0.1, -0.05) is 12.2 Å². The molecule has 10 heteroatoms. The fraction of sp³-hybridized carbons (Fsp3) is 0.833. The molecule has 200 valence electrons. The van der Waals surface area contributed by atoms with E-state index in [4.69, 9.17) is 43.0 Å². The Bertz CT molecular complexity index is 550. The molecule has 34 heavy (non-hydrogen) atoms. The highest BCUT2D eigenvalue weighted by atomic mass is 16.8. The van der Waals surface area contributed by atoms with Crippen LogP contribution in [0.3, 0.4) is 0 Å². The second kappa shape index (κ2) is 16.7. The number of hydrogen-bond donors (Lipinski definition) is 2. The molecule has 0 radical (unpaired) electrons. The maximum atomic E-state index is 9.50. The molecule has 0 aromatic carbocycles. The van der Waals surface area contributed by atoms with Crippen molar-refractivity contribution in [1.82, 2.24) is 0 Å². The first-order valence-electron chi connectivity index (χ1n) is 11.6. The van der Waals surface area contributed by atoms with Crippen molar-refractivity contribution in [3.63, 3.8) is 0 Å². The van der Waals surface area contributed by atoms with Gasteiger partial charge in [0, 0.05) is 0 Å². The van der Waals surface area contributed by atoms with E-state index in [0.717, 1.165) is 13.2 Å². The second-order valence-electron chi connectivity index (χ2n) is 8.88. The molecule has 2 N–H and O–H groups in total. The Morgan fingerprint density at radius 2 is 1.32 bits per heavy atom. The second-order valence-corrected chi connectivity index (χ2v) is 8.88. The lowest BCUT2D eigenvalue weighted by Crippen LogP contribution is -2.27. The van der Waals surface area contributed by atoms with Crippen LogP contribution in [0.15, 0.2) is 25.3 Å². The lowest BCUT2D eigenvalue weighted by atomic mass is 10.4. The number of aliphatic hydroxyl groups is 2. The van der Waals surface area contributed by atoms with Crippen molar-refractivity contribution in [1.29, 1.82) is 0 Å². The van der Waals surface area contributed by atoms with Crippen LogP contribution in [0, 0.1) is 0 Å². The van der Waals surface area contributed by atoms with E-state index in [1.807, 2.05) is 27.7 Å². The molecule has 3 fully saturated rings. The standard InChI is InChI=1S/C12H22O5.C6H12O3.C6H10O2/c1-4-5-14-6-10(13)7-15-8-11-9-16-12(2,3)17-11;1-6(2)8-4-5(3-7)9-6;1-2-3-7-4-6-5-8-6/h4,10-11,13H,1,5-9H2,2-3H3;5,7H,3-4H2,1-2H3;2,6H,1,3-5H2. The normalized spacial score (nSPS) is 27.1. The number of ether oxygens (including phenoxy) is 8. The topological polar surface area (TPSA) is 118 Å². The summed E-state index contributed by atoms with van der Waals surface area (Å²) >= 11 is 0. The maximum absolute atomic E-state index is 9.50. The summed E-state index contributed by atoms with van der Waals surface area (Å²) in [5.41, 5.74) is 0. The monoisotopic (exact) mass is 492 g/mol. The summed E-state index contributed by atoms with van der Waals surface area (Å²) < 4.78 is 41.7. The van der Waals surface area contributed by atoms with Crippen molar-refractivity contribution in [3.8, 4) is 0 Å². The predicted molar refractivity (Wildman–Crippen MR) is 125 cm³/mol. The minimum Gasteiger partial charge on any atom is -0.394 e. The molecular formula is C24H44O10. The number of rotatable bonds is 13. The molecule has 0 spiro atoms. The van der Waals surface area contributed by atoms with Gasteiger partial charge in [-0.2, -0.15) is 0 Å². The third-order valence-corrected chi connectivity index (χ3v) is 4.44. The van der Waals surface area contributed by atoms with Crippen LogP contribution < -0.4 is 0 Å². The first-order chi connectivity index (χ1) is 16.1. The Balaban J connectivity index is 0.000000284. The number of hydrogen-bond acceptors (Lipinski definition) is 10. The molecule has 4 unspecified atom stereocenters. The van der Waals surface area contributed by atoms with E-state index < -0.39 is 17.7 Å². The van der Waals surface area contributed by atoms with Crippen LogP contribution in [-0.2, 0) is 37.9 Å². The van der Waals surface area contributed by atoms with Crippen LogP contribution in [0.1, 0.15) is 27.7 Å². The molecule has 0 bridgehead atoms. The molecule has 0 aromatic rings. The van der Waals surface area contributed by atoms with Gasteiger partial charge in [0.2, 0.25) is 0 Å². The van der Waals surface area contributed by atoms with Crippen molar-refractivity contribution in [2.24, 2.45) is 0 Å². The van der Waals surface area contributed by atoms with Crippen molar-refractivity contribution >= 4 is 0 Å². The zero-order chi connectivity index (χ0) is 25.5. The summed E-state index contributed by atoms with van der Waals surface area (Å²) in [6.45, 7) is 19.1. The van der Waals surface area contributed by atoms with E-state index in [9.17, 15) is 5.11 Å². The van der Waals surface area contributed by atoms with E-state index >= 15 is 0 Å². The third kappa shape index (κ3) is 15.9. The van der Waals surface area contributed by atoms with E-state index in [1.54, 1.807) is 12.2 Å². The minimum absolute atomic E-state index is 0.0451. The van der Waals surface area contributed by atoms with Gasteiger partial charge in [0.05, 0.1) is 66.1 Å². The van der Waals surface area contributed by atoms with Gasteiger partial charge in [-0.15, -0.1) is 13.2 Å². The molecule has 3 rings (SSSR count). The first-order valence-corrected chi connectivity index (χ1v) is 11.6. The van der Waals surface area contributed by atoms with Crippen molar-refractivity contribution in [3.05, 3.63) is 25.3 Å². The van der Waals surface area contributed by atoms with E-state index in [0.29, 0.717) is 39.1 Å². The van der Waals surface area contributed by atoms with E-state index in [1.165, 1.54) is 0 Å². The fourth-order valence-corrected chi connectivity index (χ4v) is 2.82. The molecule has 3 heterocycles. The SMILES string of the molecule is C=CCOCC(O)COCC1COC(C)(C)O1.C=CCOCC1CO1.CC1(C)OCC(CO)O1. The van der Waals surface area contributed by atoms with Crippen LogP contribution in [0.5, 0.6) is 0 Å². The molecule has 0 saturated carbocycles. The Morgan fingerprint density at radius 1 is 0.824 bits per heavy atom. The van der Waals surface area contributed by atoms with E-state index in [-0.39, 0.29) is 32.0 Å². The Hall–Kier alpha value is -0.920.